The van der Waals surface area contributed by atoms with E-state index >= 15 is 0 Å². The fourth-order valence-corrected chi connectivity index (χ4v) is 3.92. The molecule has 0 rings (SSSR count). The van der Waals surface area contributed by atoms with Gasteiger partial charge in [-0.15, -0.1) is 4.67 Å². The Balaban J connectivity index is 3.18. The number of rotatable bonds is 25. The fourth-order valence-electron chi connectivity index (χ4n) is 3.37. The van der Waals surface area contributed by atoms with E-state index in [4.69, 9.17) is 14.1 Å². The summed E-state index contributed by atoms with van der Waals surface area (Å²) in [4.78, 5) is 14.2. The number of hydrogen-bond acceptors (Lipinski definition) is 5. The highest BCUT2D eigenvalue weighted by molar-refractivity contribution is 7.47. The molecule has 30 heavy (non-hydrogen) atoms. The molecular weight excluding hydrogens is 403 g/mol. The van der Waals surface area contributed by atoms with Crippen molar-refractivity contribution in [3.05, 3.63) is 0 Å². The van der Waals surface area contributed by atoms with E-state index in [0.717, 1.165) is 12.8 Å². The molecule has 0 heterocycles. The Bertz CT molecular complexity index is 381. The second-order valence-corrected chi connectivity index (χ2v) is 9.40. The third-order valence-corrected chi connectivity index (χ3v) is 5.97. The number of ether oxygens (including phenoxy) is 1. The van der Waals surface area contributed by atoms with Gasteiger partial charge in [0.25, 0.3) is 0 Å². The minimum absolute atomic E-state index is 0.00407. The van der Waals surface area contributed by atoms with Gasteiger partial charge in [0.15, 0.2) is 0 Å². The summed E-state index contributed by atoms with van der Waals surface area (Å²) in [5, 5.41) is 0. The van der Waals surface area contributed by atoms with Crippen molar-refractivity contribution < 1.29 is 28.3 Å². The Hall–Kier alpha value is 0.0300. The lowest BCUT2D eigenvalue weighted by molar-refractivity contribution is -0.225. The van der Waals surface area contributed by atoms with Crippen LogP contribution in [0.15, 0.2) is 0 Å². The first kappa shape index (κ1) is 30.0. The van der Waals surface area contributed by atoms with Crippen molar-refractivity contribution in [1.29, 1.82) is 0 Å². The first-order chi connectivity index (χ1) is 14.6. The molecule has 1 atom stereocenters. The lowest BCUT2D eigenvalue weighted by atomic mass is 10.0. The van der Waals surface area contributed by atoms with E-state index in [-0.39, 0.29) is 13.2 Å². The van der Waals surface area contributed by atoms with Gasteiger partial charge in [0.1, 0.15) is 0 Å². The summed E-state index contributed by atoms with van der Waals surface area (Å²) in [7, 11) is -4.13. The van der Waals surface area contributed by atoms with Crippen LogP contribution in [0, 0.1) is 0 Å². The molecule has 0 amide bonds. The minimum atomic E-state index is -4.13. The molecule has 0 saturated carbocycles. The third kappa shape index (κ3) is 24.3. The minimum Gasteiger partial charge on any atom is -0.379 e. The van der Waals surface area contributed by atoms with Crippen molar-refractivity contribution in [1.82, 2.24) is 0 Å². The Morgan fingerprint density at radius 2 is 1.03 bits per heavy atom. The van der Waals surface area contributed by atoms with Crippen LogP contribution in [0.1, 0.15) is 123 Å². The molecule has 1 unspecified atom stereocenters. The summed E-state index contributed by atoms with van der Waals surface area (Å²) >= 11 is 0. The van der Waals surface area contributed by atoms with Gasteiger partial charge in [-0.2, -0.15) is 0 Å². The molecular formula is C23H49O6P. The van der Waals surface area contributed by atoms with Crippen LogP contribution in [0.5, 0.6) is 0 Å². The first-order valence-electron chi connectivity index (χ1n) is 12.5. The van der Waals surface area contributed by atoms with E-state index < -0.39 is 7.82 Å². The number of phosphoric ester groups is 1. The second kappa shape index (κ2) is 23.7. The Morgan fingerprint density at radius 1 is 0.600 bits per heavy atom. The molecule has 1 N–H and O–H groups in total. The van der Waals surface area contributed by atoms with Crippen LogP contribution in [0.25, 0.3) is 0 Å². The van der Waals surface area contributed by atoms with Gasteiger partial charge < -0.3 is 9.63 Å². The fraction of sp³-hybridized carbons (Fsp3) is 1.00. The molecule has 0 saturated heterocycles. The van der Waals surface area contributed by atoms with E-state index in [0.29, 0.717) is 13.2 Å². The molecule has 0 aliphatic carbocycles. The molecule has 0 aliphatic heterocycles. The first-order valence-corrected chi connectivity index (χ1v) is 14.0. The van der Waals surface area contributed by atoms with Crippen molar-refractivity contribution in [2.75, 3.05) is 26.4 Å². The average Bonchev–Trinajstić information content (AvgIpc) is 2.73. The van der Waals surface area contributed by atoms with E-state index in [9.17, 15) is 9.46 Å². The Kier molecular flexibility index (Phi) is 23.7. The van der Waals surface area contributed by atoms with Gasteiger partial charge >= 0.3 is 7.82 Å². The van der Waals surface area contributed by atoms with Gasteiger partial charge in [-0.05, 0) is 13.3 Å². The maximum Gasteiger partial charge on any atom is 0.499 e. The van der Waals surface area contributed by atoms with Crippen molar-refractivity contribution in [2.45, 2.75) is 123 Å². The molecule has 0 aromatic carbocycles. The highest BCUT2D eigenvalue weighted by Crippen LogP contribution is 2.43. The summed E-state index contributed by atoms with van der Waals surface area (Å²) in [6.07, 6.45) is 22.3. The van der Waals surface area contributed by atoms with Crippen molar-refractivity contribution >= 4 is 7.82 Å². The third-order valence-electron chi connectivity index (χ3n) is 5.16. The van der Waals surface area contributed by atoms with Gasteiger partial charge in [0.2, 0.25) is 0 Å². The normalized spacial score (nSPS) is 13.6. The smallest absolute Gasteiger partial charge is 0.379 e. The van der Waals surface area contributed by atoms with E-state index in [1.807, 2.05) is 6.92 Å². The van der Waals surface area contributed by atoms with E-state index in [2.05, 4.69) is 11.6 Å². The van der Waals surface area contributed by atoms with Crippen LogP contribution in [-0.2, 0) is 23.4 Å². The number of hydrogen-bond donors (Lipinski definition) is 1. The van der Waals surface area contributed by atoms with Gasteiger partial charge in [0, 0.05) is 6.61 Å². The zero-order valence-electron chi connectivity index (χ0n) is 19.8. The molecule has 6 nitrogen and oxygen atoms in total. The van der Waals surface area contributed by atoms with Gasteiger partial charge in [-0.1, -0.05) is 110 Å². The van der Waals surface area contributed by atoms with E-state index in [1.54, 1.807) is 0 Å². The van der Waals surface area contributed by atoms with Crippen molar-refractivity contribution in [3.8, 4) is 0 Å². The van der Waals surface area contributed by atoms with Gasteiger partial charge in [0.05, 0.1) is 19.8 Å². The lowest BCUT2D eigenvalue weighted by Gasteiger charge is -2.10. The second-order valence-electron chi connectivity index (χ2n) is 8.05. The van der Waals surface area contributed by atoms with Crippen molar-refractivity contribution in [2.24, 2.45) is 0 Å². The predicted molar refractivity (Wildman–Crippen MR) is 123 cm³/mol. The summed E-state index contributed by atoms with van der Waals surface area (Å²) in [6, 6.07) is 0. The summed E-state index contributed by atoms with van der Waals surface area (Å²) < 4.78 is 25.7. The van der Waals surface area contributed by atoms with Crippen LogP contribution in [0.2, 0.25) is 0 Å². The van der Waals surface area contributed by atoms with Gasteiger partial charge in [-0.25, -0.2) is 9.45 Å². The number of unbranched alkanes of at least 4 members (excludes halogenated alkanes) is 16. The van der Waals surface area contributed by atoms with Crippen LogP contribution >= 0.6 is 7.82 Å². The molecule has 0 aromatic rings. The quantitative estimate of drug-likeness (QED) is 0.0661. The van der Waals surface area contributed by atoms with Crippen LogP contribution in [0.4, 0.5) is 0 Å². The molecule has 7 heteroatoms. The van der Waals surface area contributed by atoms with Crippen LogP contribution in [-0.4, -0.2) is 31.3 Å². The molecule has 0 spiro atoms. The maximum atomic E-state index is 11.5. The topological polar surface area (TPSA) is 74.2 Å². The largest absolute Gasteiger partial charge is 0.499 e. The lowest BCUT2D eigenvalue weighted by Crippen LogP contribution is -2.05. The molecule has 182 valence electrons. The SMILES string of the molecule is CCCCCCCCCCCCCCCCCCCOOP(=O)(O)OCCOCC. The van der Waals surface area contributed by atoms with Crippen molar-refractivity contribution in [3.63, 3.8) is 0 Å². The highest BCUT2D eigenvalue weighted by Gasteiger charge is 2.22. The average molecular weight is 453 g/mol. The molecule has 0 aliphatic rings. The van der Waals surface area contributed by atoms with Crippen LogP contribution < -0.4 is 0 Å². The predicted octanol–water partition coefficient (Wildman–Crippen LogP) is 7.74. The monoisotopic (exact) mass is 452 g/mol. The van der Waals surface area contributed by atoms with Gasteiger partial charge in [-0.3, -0.25) is 4.52 Å². The highest BCUT2D eigenvalue weighted by atomic mass is 31.2. The standard InChI is InChI=1S/C23H49O6P/c1-3-5-6-7-8-9-10-11-12-13-14-15-16-17-18-19-20-21-27-29-30(24,25)28-23-22-26-4-2/h3-23H2,1-2H3,(H,24,25). The summed E-state index contributed by atoms with van der Waals surface area (Å²) in [5.74, 6) is 0. The Morgan fingerprint density at radius 3 is 1.47 bits per heavy atom. The maximum absolute atomic E-state index is 11.5. The molecule has 0 radical (unpaired) electrons. The zero-order valence-corrected chi connectivity index (χ0v) is 20.7. The molecule has 0 fully saturated rings. The molecule has 0 aromatic heterocycles. The zero-order chi connectivity index (χ0) is 22.2. The van der Waals surface area contributed by atoms with E-state index in [1.165, 1.54) is 96.3 Å². The number of phosphoric acid groups is 1. The summed E-state index contributed by atoms with van der Waals surface area (Å²) in [5.41, 5.74) is 0. The summed E-state index contributed by atoms with van der Waals surface area (Å²) in [6.45, 7) is 5.22. The molecule has 0 bridgehead atoms. The Labute approximate surface area is 185 Å². The van der Waals surface area contributed by atoms with Crippen LogP contribution in [0.3, 0.4) is 0 Å².